The van der Waals surface area contributed by atoms with Gasteiger partial charge in [-0.1, -0.05) is 323 Å². The summed E-state index contributed by atoms with van der Waals surface area (Å²) in [6.45, 7) is 22.9. The summed E-state index contributed by atoms with van der Waals surface area (Å²) in [5.41, 5.74) is 7.50. The molecule has 5 N–H and O–H groups in total. The molecule has 0 spiro atoms. The van der Waals surface area contributed by atoms with E-state index in [0.717, 1.165) is 117 Å². The Balaban J connectivity index is -0.000000112. The molecule has 750 valence electrons. The zero-order chi connectivity index (χ0) is 97.4. The van der Waals surface area contributed by atoms with Crippen molar-refractivity contribution in [1.82, 2.24) is 24.5 Å². The molecule has 0 rings (SSSR count). The second-order valence-corrected chi connectivity index (χ2v) is 29.9. The number of carbonyl (C=O) groups excluding carboxylic acids is 5. The molecule has 0 aliphatic rings. The van der Waals surface area contributed by atoms with Crippen LogP contribution in [-0.4, -0.2) is 222 Å². The third kappa shape index (κ3) is 163. The summed E-state index contributed by atoms with van der Waals surface area (Å²) in [5.74, 6) is -12.3. The molecule has 0 amide bonds. The molecule has 0 heterocycles. The largest absolute Gasteiger partial charge is 1.00 e. The first-order valence-corrected chi connectivity index (χ1v) is 45.1. The Morgan fingerprint density at radius 2 is 0.504 bits per heavy atom. The molecule has 0 aromatic rings. The summed E-state index contributed by atoms with van der Waals surface area (Å²) in [5, 5.41) is 113. The van der Waals surface area contributed by atoms with Gasteiger partial charge in [-0.2, -0.15) is 9.78 Å². The van der Waals surface area contributed by atoms with E-state index in [1.807, 2.05) is 0 Å². The van der Waals surface area contributed by atoms with Gasteiger partial charge in [0, 0.05) is 19.6 Å². The first-order chi connectivity index (χ1) is 61.4. The number of hydrogen-bond acceptors (Lipinski definition) is 32. The second-order valence-electron chi connectivity index (χ2n) is 29.9. The first-order valence-electron chi connectivity index (χ1n) is 45.1. The Morgan fingerprint density at radius 3 is 0.704 bits per heavy atom. The Hall–Kier alpha value is 0.645. The third-order valence-corrected chi connectivity index (χ3v) is 18.1. The first kappa shape index (κ1) is 166. The maximum absolute atomic E-state index is 10.7. The van der Waals surface area contributed by atoms with Gasteiger partial charge in [0.1, 0.15) is 25.6 Å². The molecule has 0 bridgehead atoms. The average molecular weight is 2060 g/mol. The van der Waals surface area contributed by atoms with Gasteiger partial charge in [-0.25, -0.2) is 0 Å². The molecule has 0 atom stereocenters. The SMILES string of the molecule is C=C(OOCCCCCCCCCCCC)N(CC(=O)[O-])CC(=O)O.C=C(OOCCCCCCCCCCCC)N(CC(=O)[O-])CC(=O)O.C=COO[N-]CCCCCCCCCCCCCCCCN(CC(=O)[O-])CC(=O)O.C=COO[N-]CCCCCCCCCCCCCCCCN(CC(=O)[O-])CC(=O)O.C=CO[O-].C=CO[O-].CN(CC(=O)[O-])CC(=O)O.[K+].[K+].[K+].[K+].[Na+].[Na+].[Na+]. The smallest absolute Gasteiger partial charge is 0.664 e. The minimum absolute atomic E-state index is 0. The molecule has 135 heavy (non-hydrogen) atoms. The fourth-order valence-corrected chi connectivity index (χ4v) is 11.9. The predicted octanol–water partition coefficient (Wildman–Crippen LogP) is -11.5. The summed E-state index contributed by atoms with van der Waals surface area (Å²) in [6, 6.07) is 0. The Bertz CT molecular complexity index is 2500. The molecule has 46 heteroatoms. The van der Waals surface area contributed by atoms with Crippen LogP contribution in [-0.2, 0) is 97.0 Å². The minimum atomic E-state index is -1.42. The van der Waals surface area contributed by atoms with Crippen molar-refractivity contribution >= 4 is 59.7 Å². The molecule has 0 radical (unpaired) electrons. The van der Waals surface area contributed by atoms with E-state index in [1.165, 1.54) is 248 Å². The summed E-state index contributed by atoms with van der Waals surface area (Å²) in [4.78, 5) is 155. The topological polar surface area (TPSA) is 570 Å². The fraction of sp³-hybridized carbons (Fsp3) is 0.753. The van der Waals surface area contributed by atoms with Gasteiger partial charge in [0.25, 0.3) is 0 Å². The van der Waals surface area contributed by atoms with E-state index < -0.39 is 85.9 Å². The zero-order valence-corrected chi connectivity index (χ0v) is 103. The summed E-state index contributed by atoms with van der Waals surface area (Å²) >= 11 is 0. The van der Waals surface area contributed by atoms with Gasteiger partial charge in [0.15, 0.2) is 0 Å². The number of hydrogen-bond donors (Lipinski definition) is 5. The monoisotopic (exact) mass is 2060 g/mol. The number of unbranched alkanes of at least 4 members (excludes halogenated alkanes) is 44. The van der Waals surface area contributed by atoms with Crippen molar-refractivity contribution in [3.8, 4) is 0 Å². The number of carbonyl (C=O) groups is 10. The van der Waals surface area contributed by atoms with Crippen molar-refractivity contribution in [2.45, 2.75) is 322 Å². The van der Waals surface area contributed by atoms with Gasteiger partial charge >= 0.3 is 324 Å². The van der Waals surface area contributed by atoms with Crippen LogP contribution in [0.5, 0.6) is 0 Å². The number of likely N-dealkylation sites (N-methyl/N-ethyl adjacent to an activating group) is 1. The Labute approximate surface area is 1040 Å². The van der Waals surface area contributed by atoms with E-state index in [1.54, 1.807) is 0 Å². The maximum atomic E-state index is 10.7. The summed E-state index contributed by atoms with van der Waals surface area (Å²) < 4.78 is 0. The van der Waals surface area contributed by atoms with Crippen LogP contribution in [0.2, 0.25) is 0 Å². The van der Waals surface area contributed by atoms with Crippen LogP contribution in [0.25, 0.3) is 11.0 Å². The molecule has 0 aliphatic heterocycles. The van der Waals surface area contributed by atoms with Crippen LogP contribution in [0.4, 0.5) is 0 Å². The predicted molar refractivity (Wildman–Crippen MR) is 466 cm³/mol. The molecule has 39 nitrogen and oxygen atoms in total. The number of nitrogens with zero attached hydrogens (tertiary/aromatic N) is 7. The van der Waals surface area contributed by atoms with Gasteiger partial charge in [-0.15, -0.1) is 13.1 Å². The molecule has 0 unspecified atom stereocenters. The van der Waals surface area contributed by atoms with Crippen molar-refractivity contribution in [3.05, 3.63) is 87.2 Å². The van der Waals surface area contributed by atoms with Crippen molar-refractivity contribution < 1.29 is 453 Å². The molecule has 0 saturated carbocycles. The normalized spacial score (nSPS) is 9.78. The molecule has 0 aromatic heterocycles. The number of aliphatic carboxylic acids is 10. The third-order valence-electron chi connectivity index (χ3n) is 18.1. The molecule has 0 saturated heterocycles. The molecule has 0 aliphatic carbocycles. The quantitative estimate of drug-likeness (QED) is 0.0124. The number of rotatable bonds is 90. The van der Waals surface area contributed by atoms with Crippen LogP contribution in [0.15, 0.2) is 76.3 Å². The van der Waals surface area contributed by atoms with Gasteiger partial charge in [-0.05, 0) is 59.0 Å². The molecule has 0 fully saturated rings. The maximum Gasteiger partial charge on any atom is 1.00 e. The van der Waals surface area contributed by atoms with Crippen molar-refractivity contribution in [2.75, 3.05) is 112 Å². The summed E-state index contributed by atoms with van der Waals surface area (Å²) in [6.07, 6.45) is 61.2. The van der Waals surface area contributed by atoms with Crippen LogP contribution in [0, 0.1) is 0 Å². The van der Waals surface area contributed by atoms with E-state index in [4.69, 9.17) is 55.6 Å². The van der Waals surface area contributed by atoms with Crippen molar-refractivity contribution in [1.29, 1.82) is 0 Å². The van der Waals surface area contributed by atoms with Gasteiger partial charge in [0.05, 0.1) is 88.3 Å². The van der Waals surface area contributed by atoms with Crippen LogP contribution >= 0.6 is 0 Å². The summed E-state index contributed by atoms with van der Waals surface area (Å²) in [7, 11) is 1.39. The van der Waals surface area contributed by atoms with E-state index in [0.29, 0.717) is 39.4 Å². The number of carboxylic acids is 10. The van der Waals surface area contributed by atoms with E-state index >= 15 is 0 Å². The average Bonchev–Trinajstić information content (AvgIpc) is 0.922. The molecular formula is C89H158K4N7Na3O32-2. The van der Waals surface area contributed by atoms with Crippen LogP contribution in [0.1, 0.15) is 322 Å². The van der Waals surface area contributed by atoms with Crippen LogP contribution < -0.4 is 330 Å². The Morgan fingerprint density at radius 1 is 0.296 bits per heavy atom. The van der Waals surface area contributed by atoms with Crippen LogP contribution in [0.3, 0.4) is 0 Å². The second kappa shape index (κ2) is 139. The van der Waals surface area contributed by atoms with Crippen molar-refractivity contribution in [2.24, 2.45) is 0 Å². The van der Waals surface area contributed by atoms with E-state index in [9.17, 15) is 73.5 Å². The minimum Gasteiger partial charge on any atom is -0.664 e. The standard InChI is InChI=1S/2C22H41N2O6.2C18H33NO6.C5H9NO4.2C2H4O2.4K.3Na/c2*1-2-29-30-23-17-15-13-11-9-7-5-3-4-6-8-10-12-14-16-18-24(19-21(25)26)20-22(27)28;2*1-3-4-5-6-7-8-9-10-11-12-13-24-25-16(2)19(14-17(20)21)15-18(22)23;1-6(2-4(7)8)3-5(9)10;2*1-2-4-3;;;;;;;/h2*2H,1,3-20H2,(H,25,26)(H,27,28);2*2-15H2,1H3,(H,20,21)(H,22,23);2-3H2,1H3,(H,7,8)(H,9,10);2*2-3H,1H2;;;;;;;/q2*-1;;;;;;7*+1/p-7. The molecular weight excluding hydrogens is 1900 g/mol. The van der Waals surface area contributed by atoms with Gasteiger partial charge in [0.2, 0.25) is 11.8 Å². The zero-order valence-electron chi connectivity index (χ0n) is 84.2. The van der Waals surface area contributed by atoms with Gasteiger partial charge < -0.3 is 136 Å². The van der Waals surface area contributed by atoms with E-state index in [2.05, 4.69) is 93.8 Å². The fourth-order valence-electron chi connectivity index (χ4n) is 11.9. The Kier molecular flexibility index (Phi) is 171. The van der Waals surface area contributed by atoms with E-state index in [-0.39, 0.29) is 345 Å². The van der Waals surface area contributed by atoms with Gasteiger partial charge in [-0.3, -0.25) is 48.6 Å². The van der Waals surface area contributed by atoms with Crippen molar-refractivity contribution in [3.63, 3.8) is 0 Å². The molecule has 0 aromatic carbocycles. The number of carboxylic acid groups (broad SMARTS) is 10. The number of hydroxylamine groups is 2.